The Kier molecular flexibility index (Phi) is 7.85. The minimum Gasteiger partial charge on any atom is -0.346 e. The van der Waals surface area contributed by atoms with Gasteiger partial charge in [0.25, 0.3) is 0 Å². The van der Waals surface area contributed by atoms with Gasteiger partial charge in [0.15, 0.2) is 0 Å². The molecule has 1 N–H and O–H groups in total. The number of benzene rings is 1. The van der Waals surface area contributed by atoms with Crippen LogP contribution in [0.5, 0.6) is 0 Å². The average molecular weight is 420 g/mol. The molecule has 0 spiro atoms. The molecule has 0 aliphatic heterocycles. The maximum absolute atomic E-state index is 12.4. The van der Waals surface area contributed by atoms with Crippen molar-refractivity contribution in [3.63, 3.8) is 0 Å². The van der Waals surface area contributed by atoms with E-state index in [1.54, 1.807) is 17.0 Å². The molecule has 0 atom stereocenters. The van der Waals surface area contributed by atoms with Crippen molar-refractivity contribution in [3.05, 3.63) is 28.7 Å². The van der Waals surface area contributed by atoms with Crippen molar-refractivity contribution in [3.8, 4) is 0 Å². The van der Waals surface area contributed by atoms with Crippen molar-refractivity contribution in [2.45, 2.75) is 18.7 Å². The normalized spacial score (nSPS) is 11.4. The fourth-order valence-electron chi connectivity index (χ4n) is 1.99. The predicted octanol–water partition coefficient (Wildman–Crippen LogP) is 1.05. The van der Waals surface area contributed by atoms with E-state index in [0.717, 1.165) is 8.78 Å². The largest absolute Gasteiger partial charge is 0.346 e. The molecule has 1 aromatic carbocycles. The zero-order valence-corrected chi connectivity index (χ0v) is 16.4. The Bertz CT molecular complexity index is 672. The van der Waals surface area contributed by atoms with Crippen LogP contribution in [0.15, 0.2) is 33.6 Å². The number of carbonyl (C=O) groups is 2. The lowest BCUT2D eigenvalue weighted by Gasteiger charge is -2.20. The molecule has 24 heavy (non-hydrogen) atoms. The summed E-state index contributed by atoms with van der Waals surface area (Å²) in [5, 5.41) is 2.45. The molecule has 1 aromatic rings. The minimum atomic E-state index is -3.76. The Hall–Kier alpha value is -1.45. The average Bonchev–Trinajstić information content (AvgIpc) is 2.54. The highest BCUT2D eigenvalue weighted by atomic mass is 79.9. The highest BCUT2D eigenvalue weighted by molar-refractivity contribution is 9.10. The Morgan fingerprint density at radius 3 is 2.17 bits per heavy atom. The lowest BCUT2D eigenvalue weighted by molar-refractivity contribution is -0.132. The molecule has 0 bridgehead atoms. The van der Waals surface area contributed by atoms with Gasteiger partial charge < -0.3 is 10.2 Å². The molecule has 0 fully saturated rings. The summed E-state index contributed by atoms with van der Waals surface area (Å²) < 4.78 is 26.5. The summed E-state index contributed by atoms with van der Waals surface area (Å²) in [5.41, 5.74) is 0. The van der Waals surface area contributed by atoms with Crippen molar-refractivity contribution in [1.82, 2.24) is 14.5 Å². The van der Waals surface area contributed by atoms with E-state index < -0.39 is 15.9 Å². The first-order chi connectivity index (χ1) is 11.2. The molecule has 0 aromatic heterocycles. The van der Waals surface area contributed by atoms with Crippen LogP contribution in [0.2, 0.25) is 0 Å². The van der Waals surface area contributed by atoms with E-state index in [0.29, 0.717) is 13.1 Å². The first-order valence-electron chi connectivity index (χ1n) is 7.48. The van der Waals surface area contributed by atoms with Gasteiger partial charge in [-0.2, -0.15) is 4.31 Å². The van der Waals surface area contributed by atoms with Gasteiger partial charge in [0.2, 0.25) is 21.8 Å². The smallest absolute Gasteiger partial charge is 0.243 e. The third kappa shape index (κ3) is 5.57. The summed E-state index contributed by atoms with van der Waals surface area (Å²) in [5.74, 6) is -0.731. The monoisotopic (exact) mass is 419 g/mol. The molecule has 7 nitrogen and oxygen atoms in total. The molecule has 1 rings (SSSR count). The van der Waals surface area contributed by atoms with Gasteiger partial charge in [0.05, 0.1) is 18.0 Å². The Labute approximate surface area is 151 Å². The summed E-state index contributed by atoms with van der Waals surface area (Å²) in [4.78, 5) is 25.4. The number of rotatable bonds is 8. The molecule has 0 radical (unpaired) electrons. The van der Waals surface area contributed by atoms with Crippen molar-refractivity contribution in [2.24, 2.45) is 0 Å². The fourth-order valence-corrected chi connectivity index (χ4v) is 3.38. The number of amides is 2. The van der Waals surface area contributed by atoms with Crippen molar-refractivity contribution in [1.29, 1.82) is 0 Å². The molecule has 0 aliphatic carbocycles. The van der Waals surface area contributed by atoms with Gasteiger partial charge in [-0.3, -0.25) is 9.59 Å². The highest BCUT2D eigenvalue weighted by Crippen LogP contribution is 2.17. The van der Waals surface area contributed by atoms with E-state index >= 15 is 0 Å². The highest BCUT2D eigenvalue weighted by Gasteiger charge is 2.23. The van der Waals surface area contributed by atoms with Crippen molar-refractivity contribution in [2.75, 3.05) is 33.2 Å². The molecule has 0 heterocycles. The zero-order valence-electron chi connectivity index (χ0n) is 14.0. The number of nitrogens with one attached hydrogen (secondary N) is 1. The molecule has 0 saturated heterocycles. The molecular weight excluding hydrogens is 398 g/mol. The molecular formula is C15H22BrN3O4S. The Morgan fingerprint density at radius 2 is 1.67 bits per heavy atom. The molecule has 0 aliphatic rings. The maximum Gasteiger partial charge on any atom is 0.243 e. The molecule has 2 amide bonds. The first kappa shape index (κ1) is 20.6. The van der Waals surface area contributed by atoms with Crippen LogP contribution < -0.4 is 5.32 Å². The minimum absolute atomic E-state index is 0.0974. The van der Waals surface area contributed by atoms with Crippen LogP contribution in [0.3, 0.4) is 0 Å². The Balaban J connectivity index is 2.63. The topological polar surface area (TPSA) is 86.8 Å². The third-order valence-electron chi connectivity index (χ3n) is 3.44. The molecule has 134 valence electrons. The quantitative estimate of drug-likeness (QED) is 0.682. The zero-order chi connectivity index (χ0) is 18.3. The summed E-state index contributed by atoms with van der Waals surface area (Å²) in [6, 6.07) is 6.14. The van der Waals surface area contributed by atoms with Crippen LogP contribution in [0, 0.1) is 0 Å². The van der Waals surface area contributed by atoms with Gasteiger partial charge >= 0.3 is 0 Å². The summed E-state index contributed by atoms with van der Waals surface area (Å²) in [6.45, 7) is 4.31. The molecule has 0 saturated carbocycles. The summed E-state index contributed by atoms with van der Waals surface area (Å²) in [7, 11) is -2.44. The second kappa shape index (κ2) is 9.14. The number of sulfonamides is 1. The van der Waals surface area contributed by atoms with E-state index in [1.807, 2.05) is 13.8 Å². The number of likely N-dealkylation sites (N-methyl/N-ethyl adjacent to an activating group) is 2. The van der Waals surface area contributed by atoms with E-state index in [2.05, 4.69) is 21.2 Å². The van der Waals surface area contributed by atoms with E-state index in [-0.39, 0.29) is 23.9 Å². The van der Waals surface area contributed by atoms with Crippen LogP contribution >= 0.6 is 15.9 Å². The van der Waals surface area contributed by atoms with E-state index in [4.69, 9.17) is 0 Å². The van der Waals surface area contributed by atoms with Gasteiger partial charge in [-0.1, -0.05) is 15.9 Å². The van der Waals surface area contributed by atoms with Crippen LogP contribution in [-0.2, 0) is 19.6 Å². The first-order valence-corrected chi connectivity index (χ1v) is 9.72. The van der Waals surface area contributed by atoms with Crippen LogP contribution in [0.1, 0.15) is 13.8 Å². The van der Waals surface area contributed by atoms with Crippen LogP contribution in [-0.4, -0.2) is 62.7 Å². The Morgan fingerprint density at radius 1 is 1.12 bits per heavy atom. The summed E-state index contributed by atoms with van der Waals surface area (Å²) in [6.07, 6.45) is 0. The van der Waals surface area contributed by atoms with Gasteiger partial charge in [-0.05, 0) is 38.1 Å². The van der Waals surface area contributed by atoms with Gasteiger partial charge in [-0.15, -0.1) is 0 Å². The molecule has 9 heteroatoms. The van der Waals surface area contributed by atoms with Crippen LogP contribution in [0.25, 0.3) is 0 Å². The fraction of sp³-hybridized carbons (Fsp3) is 0.467. The number of carbonyl (C=O) groups excluding carboxylic acids is 2. The van der Waals surface area contributed by atoms with E-state index in [9.17, 15) is 18.0 Å². The standard InChI is InChI=1S/C15H22BrN3O4S/c1-4-19(5-2)15(21)10-17-14(20)11-18(3)24(22,23)13-8-6-12(16)7-9-13/h6-9H,4-5,10-11H2,1-3H3,(H,17,20). The van der Waals surface area contributed by atoms with E-state index in [1.165, 1.54) is 19.2 Å². The maximum atomic E-state index is 12.4. The number of nitrogens with zero attached hydrogens (tertiary/aromatic N) is 2. The van der Waals surface area contributed by atoms with Gasteiger partial charge in [0.1, 0.15) is 0 Å². The van der Waals surface area contributed by atoms with Crippen molar-refractivity contribution < 1.29 is 18.0 Å². The van der Waals surface area contributed by atoms with Gasteiger partial charge in [0, 0.05) is 24.6 Å². The van der Waals surface area contributed by atoms with Gasteiger partial charge in [-0.25, -0.2) is 8.42 Å². The lowest BCUT2D eigenvalue weighted by Crippen LogP contribution is -2.43. The summed E-state index contributed by atoms with van der Waals surface area (Å²) >= 11 is 3.24. The number of halogens is 1. The second-order valence-corrected chi connectivity index (χ2v) is 8.02. The third-order valence-corrected chi connectivity index (χ3v) is 5.79. The lowest BCUT2D eigenvalue weighted by atomic mass is 10.4. The van der Waals surface area contributed by atoms with Crippen molar-refractivity contribution >= 4 is 37.8 Å². The second-order valence-electron chi connectivity index (χ2n) is 5.06. The predicted molar refractivity (Wildman–Crippen MR) is 94.9 cm³/mol. The van der Waals surface area contributed by atoms with Crippen LogP contribution in [0.4, 0.5) is 0 Å². The SMILES string of the molecule is CCN(CC)C(=O)CNC(=O)CN(C)S(=O)(=O)c1ccc(Br)cc1. The number of hydrogen-bond donors (Lipinski definition) is 1. The number of hydrogen-bond acceptors (Lipinski definition) is 4. The molecule has 0 unspecified atom stereocenters.